The molecule has 1 fully saturated rings. The molecule has 2 aromatic rings. The van der Waals surface area contributed by atoms with E-state index in [1.54, 1.807) is 4.90 Å². The second kappa shape index (κ2) is 7.00. The minimum absolute atomic E-state index is 0.0738. The Morgan fingerprint density at radius 3 is 2.90 bits per heavy atom. The Bertz CT molecular complexity index is 1030. The fourth-order valence-electron chi connectivity index (χ4n) is 4.68. The lowest BCUT2D eigenvalue weighted by atomic mass is 9.84. The fourth-order valence-corrected chi connectivity index (χ4v) is 4.68. The topological polar surface area (TPSA) is 61.9 Å². The molecule has 6 nitrogen and oxygen atoms in total. The number of nitrogens with zero attached hydrogens (tertiary/aromatic N) is 2. The smallest absolute Gasteiger partial charge is 0.317 e. The summed E-state index contributed by atoms with van der Waals surface area (Å²) in [6.07, 6.45) is 2.40. The van der Waals surface area contributed by atoms with E-state index in [2.05, 4.69) is 29.4 Å². The molecule has 3 heterocycles. The molecule has 0 saturated carbocycles. The van der Waals surface area contributed by atoms with E-state index >= 15 is 0 Å². The van der Waals surface area contributed by atoms with E-state index < -0.39 is 11.4 Å². The minimum atomic E-state index is -0.744. The first kappa shape index (κ1) is 18.9. The van der Waals surface area contributed by atoms with E-state index in [-0.39, 0.29) is 24.0 Å². The van der Waals surface area contributed by atoms with Crippen molar-refractivity contribution in [2.45, 2.75) is 31.4 Å². The molecule has 1 N–H and O–H groups in total. The summed E-state index contributed by atoms with van der Waals surface area (Å²) >= 11 is 0. The average molecular weight is 409 g/mol. The van der Waals surface area contributed by atoms with Crippen molar-refractivity contribution >= 4 is 17.5 Å². The third-order valence-electron chi connectivity index (χ3n) is 6.24. The lowest BCUT2D eigenvalue weighted by molar-refractivity contribution is -0.0598. The summed E-state index contributed by atoms with van der Waals surface area (Å²) in [5, 5.41) is 2.95. The summed E-state index contributed by atoms with van der Waals surface area (Å²) in [5.74, 6) is -0.246. The Hall–Kier alpha value is -3.09. The Kier molecular flexibility index (Phi) is 4.41. The average Bonchev–Trinajstić information content (AvgIpc) is 2.70. The number of nitrogens with one attached hydrogen (secondary N) is 1. The monoisotopic (exact) mass is 409 g/mol. The summed E-state index contributed by atoms with van der Waals surface area (Å²) in [5.41, 5.74) is 3.31. The molecule has 3 aliphatic heterocycles. The van der Waals surface area contributed by atoms with Crippen LogP contribution in [0.3, 0.4) is 0 Å². The van der Waals surface area contributed by atoms with Gasteiger partial charge in [0, 0.05) is 31.9 Å². The van der Waals surface area contributed by atoms with Crippen molar-refractivity contribution in [1.82, 2.24) is 10.2 Å². The maximum absolute atomic E-state index is 13.5. The minimum Gasteiger partial charge on any atom is -0.482 e. The van der Waals surface area contributed by atoms with E-state index in [4.69, 9.17) is 4.74 Å². The van der Waals surface area contributed by atoms with Gasteiger partial charge in [-0.3, -0.25) is 4.79 Å². The SMILES string of the molecule is CN1CCCc2cc(CNC(=O)N3CC4(CC(=O)c5ccc(F)cc5O4)C3)ccc21. The van der Waals surface area contributed by atoms with Gasteiger partial charge in [0.05, 0.1) is 25.1 Å². The Balaban J connectivity index is 1.19. The number of aryl methyl sites for hydroxylation is 1. The van der Waals surface area contributed by atoms with Gasteiger partial charge >= 0.3 is 6.03 Å². The first-order chi connectivity index (χ1) is 14.4. The van der Waals surface area contributed by atoms with Crippen LogP contribution in [0.15, 0.2) is 36.4 Å². The van der Waals surface area contributed by atoms with Crippen LogP contribution in [0.4, 0.5) is 14.9 Å². The summed E-state index contributed by atoms with van der Waals surface area (Å²) < 4.78 is 19.5. The molecule has 0 radical (unpaired) electrons. The summed E-state index contributed by atoms with van der Waals surface area (Å²) in [6.45, 7) is 2.15. The number of ketones is 1. The number of carbonyl (C=O) groups excluding carboxylic acids is 2. The molecule has 0 atom stereocenters. The van der Waals surface area contributed by atoms with Crippen LogP contribution in [-0.4, -0.2) is 49.0 Å². The van der Waals surface area contributed by atoms with Crippen LogP contribution < -0.4 is 15.0 Å². The number of carbonyl (C=O) groups is 2. The van der Waals surface area contributed by atoms with Gasteiger partial charge in [-0.15, -0.1) is 0 Å². The molecule has 1 spiro atoms. The lowest BCUT2D eigenvalue weighted by Gasteiger charge is -2.50. The number of rotatable bonds is 2. The van der Waals surface area contributed by atoms with Gasteiger partial charge in [0.15, 0.2) is 11.4 Å². The van der Waals surface area contributed by atoms with Gasteiger partial charge in [0.25, 0.3) is 0 Å². The van der Waals surface area contributed by atoms with Crippen LogP contribution in [0, 0.1) is 5.82 Å². The molecule has 156 valence electrons. The molecule has 0 aliphatic carbocycles. The van der Waals surface area contributed by atoms with Gasteiger partial charge in [0.1, 0.15) is 11.6 Å². The number of anilines is 1. The Morgan fingerprint density at radius 1 is 1.23 bits per heavy atom. The number of ether oxygens (including phenoxy) is 1. The van der Waals surface area contributed by atoms with E-state index in [9.17, 15) is 14.0 Å². The van der Waals surface area contributed by atoms with Crippen LogP contribution in [0.2, 0.25) is 0 Å². The van der Waals surface area contributed by atoms with Crippen molar-refractivity contribution in [2.75, 3.05) is 31.6 Å². The first-order valence-electron chi connectivity index (χ1n) is 10.3. The predicted molar refractivity (Wildman–Crippen MR) is 111 cm³/mol. The molecule has 5 rings (SSSR count). The molecule has 7 heteroatoms. The second-order valence-electron chi connectivity index (χ2n) is 8.53. The zero-order chi connectivity index (χ0) is 20.9. The number of likely N-dealkylation sites (tertiary alicyclic amines) is 1. The highest BCUT2D eigenvalue weighted by molar-refractivity contribution is 6.00. The van der Waals surface area contributed by atoms with E-state index in [0.717, 1.165) is 24.9 Å². The van der Waals surface area contributed by atoms with Crippen molar-refractivity contribution in [3.8, 4) is 5.75 Å². The number of hydrogen-bond acceptors (Lipinski definition) is 4. The molecular formula is C23H24FN3O3. The largest absolute Gasteiger partial charge is 0.482 e. The highest BCUT2D eigenvalue weighted by atomic mass is 19.1. The van der Waals surface area contributed by atoms with Gasteiger partial charge < -0.3 is 19.9 Å². The van der Waals surface area contributed by atoms with Crippen molar-refractivity contribution in [3.05, 3.63) is 58.9 Å². The Labute approximate surface area is 174 Å². The number of fused-ring (bicyclic) bond motifs is 2. The number of Topliss-reactive ketones (excluding diaryl/α,β-unsaturated/α-hetero) is 1. The molecular weight excluding hydrogens is 385 g/mol. The quantitative estimate of drug-likeness (QED) is 0.828. The summed E-state index contributed by atoms with van der Waals surface area (Å²) in [4.78, 5) is 28.8. The highest BCUT2D eigenvalue weighted by Crippen LogP contribution is 2.39. The van der Waals surface area contributed by atoms with Gasteiger partial charge in [-0.05, 0) is 42.2 Å². The van der Waals surface area contributed by atoms with Crippen LogP contribution >= 0.6 is 0 Å². The highest BCUT2D eigenvalue weighted by Gasteiger charge is 2.51. The molecule has 0 bridgehead atoms. The number of hydrogen-bond donors (Lipinski definition) is 1. The number of halogens is 1. The van der Waals surface area contributed by atoms with E-state index in [0.29, 0.717) is 25.2 Å². The maximum atomic E-state index is 13.5. The van der Waals surface area contributed by atoms with Crippen molar-refractivity contribution < 1.29 is 18.7 Å². The third-order valence-corrected chi connectivity index (χ3v) is 6.24. The third kappa shape index (κ3) is 3.28. The zero-order valence-corrected chi connectivity index (χ0v) is 16.9. The van der Waals surface area contributed by atoms with Crippen LogP contribution in [-0.2, 0) is 13.0 Å². The molecule has 1 saturated heterocycles. The van der Waals surface area contributed by atoms with Crippen molar-refractivity contribution in [2.24, 2.45) is 0 Å². The lowest BCUT2D eigenvalue weighted by Crippen LogP contribution is -2.69. The molecule has 0 unspecified atom stereocenters. The van der Waals surface area contributed by atoms with Gasteiger partial charge in [-0.25, -0.2) is 9.18 Å². The molecule has 2 amide bonds. The van der Waals surface area contributed by atoms with Gasteiger partial charge in [-0.1, -0.05) is 12.1 Å². The molecule has 2 aromatic carbocycles. The van der Waals surface area contributed by atoms with Gasteiger partial charge in [-0.2, -0.15) is 0 Å². The predicted octanol–water partition coefficient (Wildman–Crippen LogP) is 3.14. The van der Waals surface area contributed by atoms with Crippen LogP contribution in [0.25, 0.3) is 0 Å². The van der Waals surface area contributed by atoms with E-state index in [1.165, 1.54) is 29.4 Å². The van der Waals surface area contributed by atoms with Crippen LogP contribution in [0.5, 0.6) is 5.75 Å². The molecule has 0 aromatic heterocycles. The fraction of sp³-hybridized carbons (Fsp3) is 0.391. The Morgan fingerprint density at radius 2 is 2.07 bits per heavy atom. The van der Waals surface area contributed by atoms with Crippen molar-refractivity contribution in [1.29, 1.82) is 0 Å². The molecule has 3 aliphatic rings. The normalized spacial score (nSPS) is 18.9. The van der Waals surface area contributed by atoms with Gasteiger partial charge in [0.2, 0.25) is 0 Å². The summed E-state index contributed by atoms with van der Waals surface area (Å²) in [6, 6.07) is 10.1. The standard InChI is InChI=1S/C23H24FN3O3/c1-26-8-2-3-16-9-15(4-7-19(16)26)12-25-22(29)27-13-23(14-27)11-20(28)18-6-5-17(24)10-21(18)30-23/h4-7,9-10H,2-3,8,11-14H2,1H3,(H,25,29). The number of amides is 2. The maximum Gasteiger partial charge on any atom is 0.317 e. The number of urea groups is 1. The summed E-state index contributed by atoms with van der Waals surface area (Å²) in [7, 11) is 2.10. The zero-order valence-electron chi connectivity index (χ0n) is 16.9. The van der Waals surface area contributed by atoms with Crippen LogP contribution in [0.1, 0.15) is 34.3 Å². The number of benzene rings is 2. The second-order valence-corrected chi connectivity index (χ2v) is 8.53. The van der Waals surface area contributed by atoms with Crippen molar-refractivity contribution in [3.63, 3.8) is 0 Å². The van der Waals surface area contributed by atoms with E-state index in [1.807, 2.05) is 6.07 Å². The molecule has 30 heavy (non-hydrogen) atoms. The first-order valence-corrected chi connectivity index (χ1v) is 10.3.